The van der Waals surface area contributed by atoms with Crippen LogP contribution in [0.25, 0.3) is 0 Å². The number of nitrogens with zero attached hydrogens (tertiary/aromatic N) is 5. The Balaban J connectivity index is 1.63. The maximum atomic E-state index is 14.0. The van der Waals surface area contributed by atoms with Gasteiger partial charge in [0.15, 0.2) is 5.11 Å². The average molecular weight is 662 g/mol. The van der Waals surface area contributed by atoms with Gasteiger partial charge in [0.05, 0.1) is 35.6 Å². The Hall–Kier alpha value is -4.73. The van der Waals surface area contributed by atoms with Crippen molar-refractivity contribution in [2.75, 3.05) is 24.3 Å². The fourth-order valence-corrected chi connectivity index (χ4v) is 5.74. The van der Waals surface area contributed by atoms with Gasteiger partial charge in [0, 0.05) is 56.9 Å². The molecule has 0 aliphatic heterocycles. The van der Waals surface area contributed by atoms with Gasteiger partial charge in [-0.1, -0.05) is 44.2 Å². The van der Waals surface area contributed by atoms with Crippen LogP contribution in [0.3, 0.4) is 0 Å². The molecule has 0 aliphatic rings. The molecule has 0 spiro atoms. The third kappa shape index (κ3) is 8.96. The average Bonchev–Trinajstić information content (AvgIpc) is 3.45. The number of hydrogen-bond acceptors (Lipinski definition) is 6. The largest absolute Gasteiger partial charge is 0.416 e. The highest BCUT2D eigenvalue weighted by atomic mass is 32.1. The lowest BCUT2D eigenvalue weighted by Crippen LogP contribution is -2.55. The fraction of sp³-hybridized carbons (Fsp3) is 0.314. The molecule has 4 rings (SSSR count). The van der Waals surface area contributed by atoms with E-state index in [1.807, 2.05) is 73.8 Å². The van der Waals surface area contributed by atoms with E-state index in [0.29, 0.717) is 23.5 Å². The molecule has 47 heavy (non-hydrogen) atoms. The number of aromatic nitrogens is 2. The molecule has 246 valence electrons. The minimum absolute atomic E-state index is 0.00594. The number of benzene rings is 3. The number of hydrogen-bond donors (Lipinski definition) is 2. The number of imidazole rings is 1. The number of carbonyl (C=O) groups is 1. The molecule has 1 heterocycles. The number of carbonyl (C=O) groups excluding carboxylic acids is 1. The number of nitriles is 1. The van der Waals surface area contributed by atoms with Crippen LogP contribution < -0.4 is 16.0 Å². The lowest BCUT2D eigenvalue weighted by Gasteiger charge is -2.38. The highest BCUT2D eigenvalue weighted by Crippen LogP contribution is 2.33. The van der Waals surface area contributed by atoms with Crippen LogP contribution in [-0.4, -0.2) is 45.6 Å². The van der Waals surface area contributed by atoms with Crippen LogP contribution in [0, 0.1) is 23.2 Å². The van der Waals surface area contributed by atoms with Crippen LogP contribution in [0.1, 0.15) is 41.8 Å². The van der Waals surface area contributed by atoms with E-state index in [0.717, 1.165) is 17.3 Å². The minimum Gasteiger partial charge on any atom is -0.378 e. The van der Waals surface area contributed by atoms with Gasteiger partial charge >= 0.3 is 6.18 Å². The highest BCUT2D eigenvalue weighted by Gasteiger charge is 2.37. The summed E-state index contributed by atoms with van der Waals surface area (Å²) in [6.07, 6.45) is -2.40. The summed E-state index contributed by atoms with van der Waals surface area (Å²) >= 11 is 5.77. The van der Waals surface area contributed by atoms with Gasteiger partial charge in [-0.25, -0.2) is 4.98 Å². The Morgan fingerprint density at radius 2 is 1.72 bits per heavy atom. The molecular weight excluding hydrogens is 623 g/mol. The van der Waals surface area contributed by atoms with Crippen molar-refractivity contribution >= 4 is 34.5 Å². The summed E-state index contributed by atoms with van der Waals surface area (Å²) in [7, 11) is 3.82. The van der Waals surface area contributed by atoms with Crippen LogP contribution in [0.15, 0.2) is 85.3 Å². The molecule has 8 nitrogen and oxygen atoms in total. The minimum atomic E-state index is -4.59. The molecule has 3 N–H and O–H groups in total. The normalized spacial score (nSPS) is 12.7. The second-order valence-electron chi connectivity index (χ2n) is 11.9. The molecule has 1 aromatic heterocycles. The smallest absolute Gasteiger partial charge is 0.378 e. The Morgan fingerprint density at radius 3 is 2.32 bits per heavy atom. The molecule has 0 radical (unpaired) electrons. The zero-order chi connectivity index (χ0) is 34.3. The third-order valence-electron chi connectivity index (χ3n) is 7.97. The lowest BCUT2D eigenvalue weighted by atomic mass is 9.86. The Kier molecular flexibility index (Phi) is 11.4. The quantitative estimate of drug-likeness (QED) is 0.132. The molecule has 0 saturated heterocycles. The summed E-state index contributed by atoms with van der Waals surface area (Å²) in [5, 5.41) is 12.3. The fourth-order valence-electron chi connectivity index (χ4n) is 5.43. The maximum absolute atomic E-state index is 14.0. The van der Waals surface area contributed by atoms with Crippen molar-refractivity contribution in [2.45, 2.75) is 45.7 Å². The Bertz CT molecular complexity index is 1710. The topological polar surface area (TPSA) is 103 Å². The van der Waals surface area contributed by atoms with Gasteiger partial charge in [0.25, 0.3) is 0 Å². The second-order valence-corrected chi connectivity index (χ2v) is 12.3. The molecule has 0 saturated carbocycles. The first kappa shape index (κ1) is 35.1. The van der Waals surface area contributed by atoms with E-state index < -0.39 is 23.8 Å². The van der Waals surface area contributed by atoms with Crippen molar-refractivity contribution < 1.29 is 18.0 Å². The van der Waals surface area contributed by atoms with Gasteiger partial charge in [0.1, 0.15) is 5.78 Å². The van der Waals surface area contributed by atoms with Gasteiger partial charge < -0.3 is 25.4 Å². The summed E-state index contributed by atoms with van der Waals surface area (Å²) in [5.41, 5.74) is 9.75. The summed E-state index contributed by atoms with van der Waals surface area (Å²) in [4.78, 5) is 21.7. The summed E-state index contributed by atoms with van der Waals surface area (Å²) in [6, 6.07) is 21.9. The number of Topliss-reactive ketones (excluding diaryl/α,β-unsaturated/α-hetero) is 1. The zero-order valence-electron chi connectivity index (χ0n) is 26.7. The maximum Gasteiger partial charge on any atom is 0.416 e. The monoisotopic (exact) mass is 661 g/mol. The van der Waals surface area contributed by atoms with Crippen molar-refractivity contribution in [3.8, 4) is 6.07 Å². The van der Waals surface area contributed by atoms with Crippen LogP contribution in [0.5, 0.6) is 0 Å². The van der Waals surface area contributed by atoms with Gasteiger partial charge in [-0.2, -0.15) is 18.4 Å². The molecule has 0 bridgehead atoms. The van der Waals surface area contributed by atoms with Crippen molar-refractivity contribution in [3.05, 3.63) is 113 Å². The molecule has 3 aromatic carbocycles. The summed E-state index contributed by atoms with van der Waals surface area (Å²) in [6.45, 7) is 3.88. The van der Waals surface area contributed by atoms with Crippen LogP contribution in [0.2, 0.25) is 0 Å². The predicted octanol–water partition coefficient (Wildman–Crippen LogP) is 6.46. The SMILES string of the molecule is CC(C)[C@H](C(=O)Cc1cncn1Cc1ccc(C#N)cc1)C(N)N(Cc1ccccc1C(F)(F)F)C(=S)Nc1ccc(N(C)C)cc1. The van der Waals surface area contributed by atoms with E-state index in [9.17, 15) is 18.0 Å². The number of halogens is 3. The van der Waals surface area contributed by atoms with Crippen molar-refractivity contribution in [1.29, 1.82) is 5.26 Å². The predicted molar refractivity (Wildman–Crippen MR) is 181 cm³/mol. The van der Waals surface area contributed by atoms with Crippen LogP contribution in [0.4, 0.5) is 24.5 Å². The van der Waals surface area contributed by atoms with Crippen molar-refractivity contribution in [3.63, 3.8) is 0 Å². The van der Waals surface area contributed by atoms with Gasteiger partial charge in [0.2, 0.25) is 0 Å². The van der Waals surface area contributed by atoms with E-state index in [2.05, 4.69) is 16.4 Å². The molecule has 12 heteroatoms. The second kappa shape index (κ2) is 15.2. The number of alkyl halides is 3. The summed E-state index contributed by atoms with van der Waals surface area (Å²) in [5.74, 6) is -1.25. The number of nitrogens with one attached hydrogen (secondary N) is 1. The molecule has 0 aliphatic carbocycles. The Morgan fingerprint density at radius 1 is 1.06 bits per heavy atom. The third-order valence-corrected chi connectivity index (χ3v) is 8.30. The number of thiocarbonyl (C=S) groups is 1. The first-order chi connectivity index (χ1) is 22.3. The van der Waals surface area contributed by atoms with E-state index >= 15 is 0 Å². The van der Waals surface area contributed by atoms with Gasteiger partial charge in [-0.15, -0.1) is 0 Å². The lowest BCUT2D eigenvalue weighted by molar-refractivity contribution is -0.138. The van der Waals surface area contributed by atoms with Gasteiger partial charge in [-0.3, -0.25) is 4.79 Å². The molecule has 0 fully saturated rings. The highest BCUT2D eigenvalue weighted by molar-refractivity contribution is 7.80. The van der Waals surface area contributed by atoms with E-state index in [1.54, 1.807) is 24.7 Å². The molecule has 0 amide bonds. The first-order valence-electron chi connectivity index (χ1n) is 15.0. The number of ketones is 1. The van der Waals surface area contributed by atoms with Crippen LogP contribution >= 0.6 is 12.2 Å². The van der Waals surface area contributed by atoms with E-state index in [-0.39, 0.29) is 35.3 Å². The van der Waals surface area contributed by atoms with E-state index in [1.165, 1.54) is 23.1 Å². The number of rotatable bonds is 12. The molecule has 2 atom stereocenters. The number of nitrogens with two attached hydrogens (primary N) is 1. The first-order valence-corrected chi connectivity index (χ1v) is 15.5. The van der Waals surface area contributed by atoms with Crippen LogP contribution in [-0.2, 0) is 30.5 Å². The van der Waals surface area contributed by atoms with Gasteiger partial charge in [-0.05, 0) is 71.7 Å². The molecule has 4 aromatic rings. The summed E-state index contributed by atoms with van der Waals surface area (Å²) < 4.78 is 43.9. The van der Waals surface area contributed by atoms with E-state index in [4.69, 9.17) is 23.2 Å². The molecular formula is C35H38F3N7OS. The van der Waals surface area contributed by atoms with Crippen molar-refractivity contribution in [2.24, 2.45) is 17.6 Å². The van der Waals surface area contributed by atoms with Crippen molar-refractivity contribution in [1.82, 2.24) is 14.5 Å². The zero-order valence-corrected chi connectivity index (χ0v) is 27.5. The Labute approximate surface area is 278 Å². The molecule has 1 unspecified atom stereocenters. The number of anilines is 2. The standard InChI is InChI=1S/C35H38F3N7OS/c1-23(2)32(31(46)17-29-19-41-22-44(29)20-25-11-9-24(18-39)10-12-25)33(40)45(21-26-7-5-6-8-30(26)35(36,37)38)34(47)42-27-13-15-28(16-14-27)43(3)4/h5-16,19,22-23,32-33H,17,20-21,40H2,1-4H3,(H,42,47)/t32-,33?/m1/s1.